The first-order chi connectivity index (χ1) is 14.5. The summed E-state index contributed by atoms with van der Waals surface area (Å²) in [6, 6.07) is 18.9. The smallest absolute Gasteiger partial charge is 0.243 e. The molecule has 0 radical (unpaired) electrons. The normalized spacial score (nSPS) is 15.8. The van der Waals surface area contributed by atoms with Crippen molar-refractivity contribution in [3.05, 3.63) is 72.6 Å². The maximum absolute atomic E-state index is 12.8. The lowest BCUT2D eigenvalue weighted by Gasteiger charge is -2.31. The van der Waals surface area contributed by atoms with Crippen LogP contribution in [0.2, 0.25) is 0 Å². The van der Waals surface area contributed by atoms with Crippen molar-refractivity contribution in [1.29, 1.82) is 0 Å². The van der Waals surface area contributed by atoms with E-state index in [1.165, 1.54) is 6.33 Å². The minimum Gasteiger partial charge on any atom is -0.366 e. The van der Waals surface area contributed by atoms with Gasteiger partial charge in [-0.3, -0.25) is 0 Å². The Morgan fingerprint density at radius 3 is 2.33 bits per heavy atom. The van der Waals surface area contributed by atoms with E-state index in [9.17, 15) is 8.42 Å². The highest BCUT2D eigenvalue weighted by molar-refractivity contribution is 7.89. The molecule has 30 heavy (non-hydrogen) atoms. The Hall–Kier alpha value is -2.81. The fourth-order valence-corrected chi connectivity index (χ4v) is 4.79. The summed E-state index contributed by atoms with van der Waals surface area (Å²) in [5.41, 5.74) is 2.86. The zero-order valence-electron chi connectivity index (χ0n) is 16.9. The molecule has 0 amide bonds. The molecule has 1 fully saturated rings. The highest BCUT2D eigenvalue weighted by Crippen LogP contribution is 2.20. The fourth-order valence-electron chi connectivity index (χ4n) is 3.37. The topological polar surface area (TPSA) is 78.4 Å². The third kappa shape index (κ3) is 4.67. The number of benzene rings is 2. The first kappa shape index (κ1) is 20.5. The SMILES string of the molecule is CN1CCN(S(=O)(=O)c2ccc(CNc3cc(-c4ccccc4)ncn3)cc2)CC1. The number of likely N-dealkylation sites (N-methyl/N-ethyl adjacent to an activating group) is 1. The maximum Gasteiger partial charge on any atom is 0.243 e. The van der Waals surface area contributed by atoms with E-state index in [1.807, 2.05) is 55.6 Å². The second-order valence-corrected chi connectivity index (χ2v) is 9.30. The molecule has 156 valence electrons. The lowest BCUT2D eigenvalue weighted by molar-refractivity contribution is 0.222. The Balaban J connectivity index is 1.41. The molecule has 1 aliphatic heterocycles. The van der Waals surface area contributed by atoms with Gasteiger partial charge in [0.1, 0.15) is 12.1 Å². The van der Waals surface area contributed by atoms with Gasteiger partial charge in [-0.15, -0.1) is 0 Å². The minimum atomic E-state index is -3.44. The minimum absolute atomic E-state index is 0.337. The molecule has 1 saturated heterocycles. The Kier molecular flexibility index (Phi) is 6.08. The highest BCUT2D eigenvalue weighted by atomic mass is 32.2. The molecule has 8 heteroatoms. The van der Waals surface area contributed by atoms with E-state index in [-0.39, 0.29) is 0 Å². The van der Waals surface area contributed by atoms with Gasteiger partial charge < -0.3 is 10.2 Å². The van der Waals surface area contributed by atoms with Crippen molar-refractivity contribution in [2.45, 2.75) is 11.4 Å². The van der Waals surface area contributed by atoms with E-state index in [4.69, 9.17) is 0 Å². The molecule has 0 unspecified atom stereocenters. The number of sulfonamides is 1. The number of aromatic nitrogens is 2. The summed E-state index contributed by atoms with van der Waals surface area (Å²) in [7, 11) is -1.43. The molecule has 2 aromatic carbocycles. The number of hydrogen-bond acceptors (Lipinski definition) is 6. The Morgan fingerprint density at radius 1 is 0.933 bits per heavy atom. The molecule has 0 bridgehead atoms. The van der Waals surface area contributed by atoms with Crippen LogP contribution in [0.15, 0.2) is 71.9 Å². The van der Waals surface area contributed by atoms with Gasteiger partial charge >= 0.3 is 0 Å². The maximum atomic E-state index is 12.8. The summed E-state index contributed by atoms with van der Waals surface area (Å²) < 4.78 is 27.2. The van der Waals surface area contributed by atoms with E-state index in [0.29, 0.717) is 24.5 Å². The molecule has 0 aliphatic carbocycles. The number of piperazine rings is 1. The van der Waals surface area contributed by atoms with E-state index in [0.717, 1.165) is 35.7 Å². The van der Waals surface area contributed by atoms with Crippen LogP contribution in [0.1, 0.15) is 5.56 Å². The lowest BCUT2D eigenvalue weighted by atomic mass is 10.1. The lowest BCUT2D eigenvalue weighted by Crippen LogP contribution is -2.46. The van der Waals surface area contributed by atoms with Crippen molar-refractivity contribution in [1.82, 2.24) is 19.2 Å². The van der Waals surface area contributed by atoms with Crippen molar-refractivity contribution < 1.29 is 8.42 Å². The van der Waals surface area contributed by atoms with Crippen LogP contribution in [-0.4, -0.2) is 60.8 Å². The number of rotatable bonds is 6. The van der Waals surface area contributed by atoms with Crippen LogP contribution >= 0.6 is 0 Å². The van der Waals surface area contributed by atoms with Crippen molar-refractivity contribution in [3.8, 4) is 11.3 Å². The van der Waals surface area contributed by atoms with E-state index < -0.39 is 10.0 Å². The Morgan fingerprint density at radius 2 is 1.63 bits per heavy atom. The van der Waals surface area contributed by atoms with Crippen molar-refractivity contribution in [2.24, 2.45) is 0 Å². The molecule has 7 nitrogen and oxygen atoms in total. The molecule has 3 aromatic rings. The predicted molar refractivity (Wildman–Crippen MR) is 117 cm³/mol. The summed E-state index contributed by atoms with van der Waals surface area (Å²) >= 11 is 0. The largest absolute Gasteiger partial charge is 0.366 e. The summed E-state index contributed by atoms with van der Waals surface area (Å²) in [4.78, 5) is 11.1. The van der Waals surface area contributed by atoms with E-state index >= 15 is 0 Å². The van der Waals surface area contributed by atoms with Crippen LogP contribution < -0.4 is 5.32 Å². The van der Waals surface area contributed by atoms with Crippen LogP contribution in [-0.2, 0) is 16.6 Å². The molecule has 0 spiro atoms. The van der Waals surface area contributed by atoms with Crippen molar-refractivity contribution >= 4 is 15.8 Å². The van der Waals surface area contributed by atoms with Gasteiger partial charge in [0.15, 0.2) is 0 Å². The average Bonchev–Trinajstić information content (AvgIpc) is 2.79. The van der Waals surface area contributed by atoms with Gasteiger partial charge in [0.05, 0.1) is 10.6 Å². The van der Waals surface area contributed by atoms with Gasteiger partial charge in [-0.05, 0) is 24.7 Å². The summed E-state index contributed by atoms with van der Waals surface area (Å²) in [6.07, 6.45) is 1.54. The van der Waals surface area contributed by atoms with Crippen LogP contribution in [0.3, 0.4) is 0 Å². The average molecular weight is 424 g/mol. The third-order valence-corrected chi connectivity index (χ3v) is 7.15. The predicted octanol–water partition coefficient (Wildman–Crippen LogP) is 2.69. The summed E-state index contributed by atoms with van der Waals surface area (Å²) in [6.45, 7) is 3.11. The van der Waals surface area contributed by atoms with Crippen LogP contribution in [0, 0.1) is 0 Å². The molecule has 2 heterocycles. The van der Waals surface area contributed by atoms with Crippen LogP contribution in [0.4, 0.5) is 5.82 Å². The summed E-state index contributed by atoms with van der Waals surface area (Å²) in [5, 5.41) is 3.28. The number of hydrogen-bond donors (Lipinski definition) is 1. The quantitative estimate of drug-likeness (QED) is 0.657. The van der Waals surface area contributed by atoms with Crippen LogP contribution in [0.5, 0.6) is 0 Å². The van der Waals surface area contributed by atoms with Gasteiger partial charge in [-0.25, -0.2) is 18.4 Å². The number of nitrogens with one attached hydrogen (secondary N) is 1. The number of nitrogens with zero attached hydrogens (tertiary/aromatic N) is 4. The Labute approximate surface area is 177 Å². The van der Waals surface area contributed by atoms with Gasteiger partial charge in [0, 0.05) is 44.4 Å². The van der Waals surface area contributed by atoms with E-state index in [1.54, 1.807) is 16.4 Å². The van der Waals surface area contributed by atoms with Crippen LogP contribution in [0.25, 0.3) is 11.3 Å². The van der Waals surface area contributed by atoms with Gasteiger partial charge in [0.25, 0.3) is 0 Å². The zero-order valence-corrected chi connectivity index (χ0v) is 17.7. The highest BCUT2D eigenvalue weighted by Gasteiger charge is 2.27. The van der Waals surface area contributed by atoms with Gasteiger partial charge in [-0.2, -0.15) is 4.31 Å². The molecular weight excluding hydrogens is 398 g/mol. The first-order valence-corrected chi connectivity index (χ1v) is 11.4. The first-order valence-electron chi connectivity index (χ1n) is 9.91. The Bertz CT molecular complexity index is 1080. The standard InChI is InChI=1S/C22H25N5O2S/c1-26-11-13-27(14-12-26)30(28,29)20-9-7-18(8-10-20)16-23-22-15-21(24-17-25-22)19-5-3-2-4-6-19/h2-10,15,17H,11-14,16H2,1H3,(H,23,24,25). The molecule has 1 aromatic heterocycles. The monoisotopic (exact) mass is 423 g/mol. The second-order valence-electron chi connectivity index (χ2n) is 7.36. The number of anilines is 1. The molecule has 0 saturated carbocycles. The van der Waals surface area contributed by atoms with Gasteiger partial charge in [-0.1, -0.05) is 42.5 Å². The molecule has 0 atom stereocenters. The van der Waals surface area contributed by atoms with Crippen molar-refractivity contribution in [3.63, 3.8) is 0 Å². The van der Waals surface area contributed by atoms with Crippen molar-refractivity contribution in [2.75, 3.05) is 38.5 Å². The molecule has 1 aliphatic rings. The van der Waals surface area contributed by atoms with Gasteiger partial charge in [0.2, 0.25) is 10.0 Å². The second kappa shape index (κ2) is 8.91. The fraction of sp³-hybridized carbons (Fsp3) is 0.273. The molecule has 4 rings (SSSR count). The molecule has 1 N–H and O–H groups in total. The third-order valence-electron chi connectivity index (χ3n) is 5.23. The summed E-state index contributed by atoms with van der Waals surface area (Å²) in [5.74, 6) is 0.720. The zero-order chi connectivity index (χ0) is 21.0. The molecular formula is C22H25N5O2S. The van der Waals surface area contributed by atoms with E-state index in [2.05, 4.69) is 20.2 Å².